The number of sulfonamides is 1. The van der Waals surface area contributed by atoms with Gasteiger partial charge >= 0.3 is 0 Å². The lowest BCUT2D eigenvalue weighted by Crippen LogP contribution is -2.33. The molecule has 0 aromatic heterocycles. The highest BCUT2D eigenvalue weighted by molar-refractivity contribution is 7.89. The summed E-state index contributed by atoms with van der Waals surface area (Å²) in [7, 11) is -1.97. The van der Waals surface area contributed by atoms with Crippen LogP contribution in [0.15, 0.2) is 17.0 Å². The number of amides is 1. The van der Waals surface area contributed by atoms with E-state index in [0.29, 0.717) is 22.9 Å². The molecular weight excluding hydrogens is 292 g/mol. The molecule has 0 aliphatic heterocycles. The van der Waals surface area contributed by atoms with Crippen LogP contribution in [0.5, 0.6) is 5.75 Å². The van der Waals surface area contributed by atoms with Gasteiger partial charge in [0.15, 0.2) is 6.61 Å². The van der Waals surface area contributed by atoms with E-state index in [9.17, 15) is 13.2 Å². The zero-order chi connectivity index (χ0) is 15.8. The van der Waals surface area contributed by atoms with E-state index in [1.165, 1.54) is 12.1 Å². The van der Waals surface area contributed by atoms with Crippen LogP contribution in [-0.2, 0) is 14.8 Å². The Hall–Kier alpha value is -1.60. The highest BCUT2D eigenvalue weighted by Crippen LogP contribution is 2.28. The maximum Gasteiger partial charge on any atom is 0.260 e. The number of benzene rings is 1. The SMILES string of the molecule is Cc1cc(S(N)(=O)=O)cc(C)c1OCC(=O)N(C)C1CC1. The molecule has 6 nitrogen and oxygen atoms in total. The Morgan fingerprint density at radius 1 is 1.33 bits per heavy atom. The van der Waals surface area contributed by atoms with Crippen LogP contribution < -0.4 is 9.88 Å². The van der Waals surface area contributed by atoms with Crippen LogP contribution in [0.1, 0.15) is 24.0 Å². The van der Waals surface area contributed by atoms with Crippen molar-refractivity contribution in [1.82, 2.24) is 4.90 Å². The number of nitrogens with two attached hydrogens (primary N) is 1. The van der Waals surface area contributed by atoms with Crippen LogP contribution in [0.3, 0.4) is 0 Å². The predicted octanol–water partition coefficient (Wildman–Crippen LogP) is 0.950. The van der Waals surface area contributed by atoms with Crippen molar-refractivity contribution < 1.29 is 17.9 Å². The Morgan fingerprint density at radius 3 is 2.29 bits per heavy atom. The summed E-state index contributed by atoms with van der Waals surface area (Å²) < 4.78 is 28.3. The Labute approximate surface area is 124 Å². The van der Waals surface area contributed by atoms with Gasteiger partial charge < -0.3 is 9.64 Å². The Balaban J connectivity index is 2.11. The van der Waals surface area contributed by atoms with Gasteiger partial charge in [-0.15, -0.1) is 0 Å². The molecule has 21 heavy (non-hydrogen) atoms. The second kappa shape index (κ2) is 5.65. The highest BCUT2D eigenvalue weighted by Gasteiger charge is 2.29. The van der Waals surface area contributed by atoms with Gasteiger partial charge in [0, 0.05) is 13.1 Å². The summed E-state index contributed by atoms with van der Waals surface area (Å²) in [4.78, 5) is 13.7. The number of hydrogen-bond acceptors (Lipinski definition) is 4. The molecule has 116 valence electrons. The van der Waals surface area contributed by atoms with Crippen molar-refractivity contribution in [1.29, 1.82) is 0 Å². The maximum atomic E-state index is 11.9. The van der Waals surface area contributed by atoms with E-state index in [4.69, 9.17) is 9.88 Å². The molecule has 1 fully saturated rings. The van der Waals surface area contributed by atoms with Gasteiger partial charge in [-0.05, 0) is 49.9 Å². The van der Waals surface area contributed by atoms with E-state index < -0.39 is 10.0 Å². The number of nitrogens with zero attached hydrogens (tertiary/aromatic N) is 1. The first kappa shape index (κ1) is 15.8. The van der Waals surface area contributed by atoms with Gasteiger partial charge in [-0.1, -0.05) is 0 Å². The van der Waals surface area contributed by atoms with Gasteiger partial charge in [0.1, 0.15) is 5.75 Å². The van der Waals surface area contributed by atoms with E-state index in [2.05, 4.69) is 0 Å². The maximum absolute atomic E-state index is 11.9. The molecule has 2 N–H and O–H groups in total. The summed E-state index contributed by atoms with van der Waals surface area (Å²) in [6.45, 7) is 3.40. The lowest BCUT2D eigenvalue weighted by molar-refractivity contribution is -0.132. The van der Waals surface area contributed by atoms with Crippen molar-refractivity contribution in [2.24, 2.45) is 5.14 Å². The summed E-state index contributed by atoms with van der Waals surface area (Å²) in [6, 6.07) is 3.24. The molecule has 1 aliphatic rings. The van der Waals surface area contributed by atoms with Crippen molar-refractivity contribution in [3.8, 4) is 5.75 Å². The number of hydrogen-bond donors (Lipinski definition) is 1. The fourth-order valence-corrected chi connectivity index (χ4v) is 2.89. The molecule has 0 heterocycles. The number of carbonyl (C=O) groups is 1. The first-order chi connectivity index (χ1) is 9.70. The summed E-state index contributed by atoms with van der Waals surface area (Å²) >= 11 is 0. The van der Waals surface area contributed by atoms with Gasteiger partial charge in [0.25, 0.3) is 5.91 Å². The molecule has 0 unspecified atom stereocenters. The molecular formula is C14H20N2O4S. The van der Waals surface area contributed by atoms with E-state index >= 15 is 0 Å². The van der Waals surface area contributed by atoms with Gasteiger partial charge in [-0.2, -0.15) is 0 Å². The Kier molecular flexibility index (Phi) is 4.25. The fourth-order valence-electron chi connectivity index (χ4n) is 2.20. The molecule has 2 rings (SSSR count). The van der Waals surface area contributed by atoms with Gasteiger partial charge in [0.05, 0.1) is 4.90 Å². The summed E-state index contributed by atoms with van der Waals surface area (Å²) in [5.41, 5.74) is 1.28. The van der Waals surface area contributed by atoms with Crippen LogP contribution in [0.2, 0.25) is 0 Å². The molecule has 0 bridgehead atoms. The van der Waals surface area contributed by atoms with Crippen LogP contribution in [-0.4, -0.2) is 38.9 Å². The third-order valence-electron chi connectivity index (χ3n) is 3.59. The van der Waals surface area contributed by atoms with Crippen molar-refractivity contribution in [2.45, 2.75) is 37.6 Å². The number of rotatable bonds is 5. The van der Waals surface area contributed by atoms with Crippen LogP contribution in [0, 0.1) is 13.8 Å². The largest absolute Gasteiger partial charge is 0.483 e. The molecule has 1 saturated carbocycles. The predicted molar refractivity (Wildman–Crippen MR) is 78.6 cm³/mol. The summed E-state index contributed by atoms with van der Waals surface area (Å²) in [5, 5.41) is 5.12. The number of likely N-dealkylation sites (N-methyl/N-ethyl adjacent to an activating group) is 1. The molecule has 1 amide bonds. The minimum absolute atomic E-state index is 0.0475. The van der Waals surface area contributed by atoms with Crippen molar-refractivity contribution in [3.05, 3.63) is 23.3 Å². The zero-order valence-corrected chi connectivity index (χ0v) is 13.2. The molecule has 0 radical (unpaired) electrons. The fraction of sp³-hybridized carbons (Fsp3) is 0.500. The number of carbonyl (C=O) groups excluding carboxylic acids is 1. The quantitative estimate of drug-likeness (QED) is 0.876. The van der Waals surface area contributed by atoms with Crippen LogP contribution in [0.4, 0.5) is 0 Å². The average molecular weight is 312 g/mol. The number of primary sulfonamides is 1. The molecule has 0 spiro atoms. The lowest BCUT2D eigenvalue weighted by Gasteiger charge is -2.18. The molecule has 1 aromatic carbocycles. The summed E-state index contributed by atoms with van der Waals surface area (Å²) in [6.07, 6.45) is 2.09. The monoisotopic (exact) mass is 312 g/mol. The minimum Gasteiger partial charge on any atom is -0.483 e. The number of aryl methyl sites for hydroxylation is 2. The van der Waals surface area contributed by atoms with Crippen molar-refractivity contribution in [3.63, 3.8) is 0 Å². The summed E-state index contributed by atoms with van der Waals surface area (Å²) in [5.74, 6) is 0.451. The molecule has 0 saturated heterocycles. The Bertz CT molecular complexity index is 643. The topological polar surface area (TPSA) is 89.7 Å². The molecule has 0 atom stereocenters. The van der Waals surface area contributed by atoms with Gasteiger partial charge in [-0.3, -0.25) is 4.79 Å². The van der Waals surface area contributed by atoms with E-state index in [1.807, 2.05) is 0 Å². The highest BCUT2D eigenvalue weighted by atomic mass is 32.2. The first-order valence-electron chi connectivity index (χ1n) is 6.72. The third kappa shape index (κ3) is 3.74. The smallest absolute Gasteiger partial charge is 0.260 e. The standard InChI is InChI=1S/C14H20N2O4S/c1-9-6-12(21(15,18)19)7-10(2)14(9)20-8-13(17)16(3)11-4-5-11/h6-7,11H,4-5,8H2,1-3H3,(H2,15,18,19). The van der Waals surface area contributed by atoms with E-state index in [1.54, 1.807) is 25.8 Å². The average Bonchev–Trinajstić information content (AvgIpc) is 3.19. The lowest BCUT2D eigenvalue weighted by atomic mass is 10.1. The van der Waals surface area contributed by atoms with Gasteiger partial charge in [-0.25, -0.2) is 13.6 Å². The molecule has 1 aliphatic carbocycles. The van der Waals surface area contributed by atoms with E-state index in [-0.39, 0.29) is 17.4 Å². The van der Waals surface area contributed by atoms with Crippen LogP contribution >= 0.6 is 0 Å². The second-order valence-electron chi connectivity index (χ2n) is 5.46. The van der Waals surface area contributed by atoms with Gasteiger partial charge in [0.2, 0.25) is 10.0 Å². The Morgan fingerprint density at radius 2 is 1.86 bits per heavy atom. The van der Waals surface area contributed by atoms with Crippen molar-refractivity contribution in [2.75, 3.05) is 13.7 Å². The van der Waals surface area contributed by atoms with Crippen molar-refractivity contribution >= 4 is 15.9 Å². The molecule has 1 aromatic rings. The first-order valence-corrected chi connectivity index (χ1v) is 8.27. The zero-order valence-electron chi connectivity index (χ0n) is 12.4. The minimum atomic E-state index is -3.74. The van der Waals surface area contributed by atoms with Crippen LogP contribution in [0.25, 0.3) is 0 Å². The third-order valence-corrected chi connectivity index (χ3v) is 4.48. The number of ether oxygens (including phenoxy) is 1. The van der Waals surface area contributed by atoms with E-state index in [0.717, 1.165) is 12.8 Å². The second-order valence-corrected chi connectivity index (χ2v) is 7.02. The normalized spacial score (nSPS) is 14.9. The molecule has 7 heteroatoms.